The third-order valence-corrected chi connectivity index (χ3v) is 3.47. The minimum absolute atomic E-state index is 0.287. The number of carbonyl (C=O) groups is 1. The van der Waals surface area contributed by atoms with E-state index in [1.807, 2.05) is 30.3 Å². The van der Waals surface area contributed by atoms with E-state index in [-0.39, 0.29) is 11.9 Å². The molecule has 2 N–H and O–H groups in total. The number of rotatable bonds is 2. The van der Waals surface area contributed by atoms with Gasteiger partial charge in [0.15, 0.2) is 0 Å². The van der Waals surface area contributed by atoms with Crippen molar-refractivity contribution >= 4 is 16.8 Å². The fraction of sp³-hybridized carbons (Fsp3) is 0.333. The molecule has 1 aromatic heterocycles. The van der Waals surface area contributed by atoms with Crippen molar-refractivity contribution in [2.45, 2.75) is 18.6 Å². The van der Waals surface area contributed by atoms with Crippen molar-refractivity contribution in [2.75, 3.05) is 13.2 Å². The first-order valence-electron chi connectivity index (χ1n) is 6.66. The highest BCUT2D eigenvalue weighted by Crippen LogP contribution is 2.13. The van der Waals surface area contributed by atoms with Gasteiger partial charge < -0.3 is 15.2 Å². The molecule has 0 radical (unpaired) electrons. The molecule has 0 unspecified atom stereocenters. The molecule has 2 heterocycles. The largest absolute Gasteiger partial charge is 0.391 e. The van der Waals surface area contributed by atoms with Gasteiger partial charge >= 0.3 is 0 Å². The molecule has 1 amide bonds. The van der Waals surface area contributed by atoms with Crippen LogP contribution in [0.25, 0.3) is 10.9 Å². The predicted octanol–water partition coefficient (Wildman–Crippen LogP) is 1.11. The van der Waals surface area contributed by atoms with Crippen LogP contribution in [0, 0.1) is 0 Å². The summed E-state index contributed by atoms with van der Waals surface area (Å²) in [6.07, 6.45) is -0.0241. The topological polar surface area (TPSA) is 71.5 Å². The molecule has 1 aliphatic heterocycles. The Kier molecular flexibility index (Phi) is 3.62. The summed E-state index contributed by atoms with van der Waals surface area (Å²) >= 11 is 0. The Morgan fingerprint density at radius 3 is 3.00 bits per heavy atom. The summed E-state index contributed by atoms with van der Waals surface area (Å²) < 4.78 is 5.26. The number of para-hydroxylation sites is 1. The van der Waals surface area contributed by atoms with E-state index in [1.54, 1.807) is 6.07 Å². The number of amides is 1. The van der Waals surface area contributed by atoms with Crippen molar-refractivity contribution in [1.29, 1.82) is 0 Å². The number of carbonyl (C=O) groups excluding carboxylic acids is 1. The van der Waals surface area contributed by atoms with Crippen molar-refractivity contribution in [3.63, 3.8) is 0 Å². The molecular formula is C15H16N2O3. The summed E-state index contributed by atoms with van der Waals surface area (Å²) in [5.74, 6) is -0.287. The van der Waals surface area contributed by atoms with Gasteiger partial charge in [-0.3, -0.25) is 4.79 Å². The Hall–Kier alpha value is -1.98. The molecule has 3 rings (SSSR count). The van der Waals surface area contributed by atoms with Gasteiger partial charge in [0.1, 0.15) is 5.69 Å². The van der Waals surface area contributed by atoms with Gasteiger partial charge in [0, 0.05) is 12.0 Å². The lowest BCUT2D eigenvalue weighted by Gasteiger charge is -2.28. The average Bonchev–Trinajstić information content (AvgIpc) is 2.49. The highest BCUT2D eigenvalue weighted by Gasteiger charge is 2.25. The lowest BCUT2D eigenvalue weighted by molar-refractivity contribution is -0.0140. The van der Waals surface area contributed by atoms with Gasteiger partial charge in [-0.2, -0.15) is 0 Å². The standard InChI is InChI=1S/C15H16N2O3/c18-14-7-8-20-9-13(14)17-15(19)12-6-5-10-3-1-2-4-11(10)16-12/h1-6,13-14,18H,7-9H2,(H,17,19)/t13-,14-/m0/s1. The van der Waals surface area contributed by atoms with E-state index in [2.05, 4.69) is 10.3 Å². The fourth-order valence-electron chi connectivity index (χ4n) is 2.30. The van der Waals surface area contributed by atoms with Crippen molar-refractivity contribution in [3.8, 4) is 0 Å². The quantitative estimate of drug-likeness (QED) is 0.859. The van der Waals surface area contributed by atoms with Gasteiger partial charge in [-0.25, -0.2) is 4.98 Å². The van der Waals surface area contributed by atoms with Crippen LogP contribution in [0.15, 0.2) is 36.4 Å². The van der Waals surface area contributed by atoms with Crippen LogP contribution in [0.3, 0.4) is 0 Å². The highest BCUT2D eigenvalue weighted by molar-refractivity contribution is 5.95. The SMILES string of the molecule is O=C(N[C@H]1COCC[C@@H]1O)c1ccc2ccccc2n1. The first-order valence-corrected chi connectivity index (χ1v) is 6.66. The maximum atomic E-state index is 12.2. The van der Waals surface area contributed by atoms with Crippen LogP contribution < -0.4 is 5.32 Å². The van der Waals surface area contributed by atoms with Crippen molar-refractivity contribution in [1.82, 2.24) is 10.3 Å². The monoisotopic (exact) mass is 272 g/mol. The number of aliphatic hydroxyl groups excluding tert-OH is 1. The number of aromatic nitrogens is 1. The molecule has 1 saturated heterocycles. The third-order valence-electron chi connectivity index (χ3n) is 3.47. The van der Waals surface area contributed by atoms with Gasteiger partial charge in [-0.1, -0.05) is 24.3 Å². The van der Waals surface area contributed by atoms with Crippen LogP contribution in [0.5, 0.6) is 0 Å². The van der Waals surface area contributed by atoms with E-state index < -0.39 is 6.10 Å². The molecule has 20 heavy (non-hydrogen) atoms. The Balaban J connectivity index is 1.78. The maximum Gasteiger partial charge on any atom is 0.270 e. The molecule has 0 aliphatic carbocycles. The summed E-state index contributed by atoms with van der Waals surface area (Å²) in [7, 11) is 0. The zero-order valence-corrected chi connectivity index (χ0v) is 11.0. The lowest BCUT2D eigenvalue weighted by atomic mass is 10.1. The molecule has 5 nitrogen and oxygen atoms in total. The van der Waals surface area contributed by atoms with Crippen LogP contribution >= 0.6 is 0 Å². The van der Waals surface area contributed by atoms with E-state index in [9.17, 15) is 9.90 Å². The molecule has 1 fully saturated rings. The number of nitrogens with one attached hydrogen (secondary N) is 1. The number of ether oxygens (including phenoxy) is 1. The number of aliphatic hydroxyl groups is 1. The number of benzene rings is 1. The van der Waals surface area contributed by atoms with Gasteiger partial charge in [0.05, 0.1) is 24.3 Å². The minimum atomic E-state index is -0.562. The van der Waals surface area contributed by atoms with Gasteiger partial charge in [-0.15, -0.1) is 0 Å². The minimum Gasteiger partial charge on any atom is -0.391 e. The summed E-state index contributed by atoms with van der Waals surface area (Å²) in [4.78, 5) is 16.5. The zero-order chi connectivity index (χ0) is 13.9. The van der Waals surface area contributed by atoms with Crippen LogP contribution in [0.2, 0.25) is 0 Å². The molecule has 1 aliphatic rings. The van der Waals surface area contributed by atoms with Gasteiger partial charge in [0.25, 0.3) is 5.91 Å². The van der Waals surface area contributed by atoms with Crippen LogP contribution in [0.1, 0.15) is 16.9 Å². The van der Waals surface area contributed by atoms with E-state index in [1.165, 1.54) is 0 Å². The first-order chi connectivity index (χ1) is 9.74. The van der Waals surface area contributed by atoms with Crippen LogP contribution in [-0.2, 0) is 4.74 Å². The summed E-state index contributed by atoms with van der Waals surface area (Å²) in [5, 5.41) is 13.6. The van der Waals surface area contributed by atoms with Gasteiger partial charge in [-0.05, 0) is 18.6 Å². The molecule has 0 spiro atoms. The number of pyridine rings is 1. The number of hydrogen-bond acceptors (Lipinski definition) is 4. The highest BCUT2D eigenvalue weighted by atomic mass is 16.5. The lowest BCUT2D eigenvalue weighted by Crippen LogP contribution is -2.49. The average molecular weight is 272 g/mol. The molecular weight excluding hydrogens is 256 g/mol. The number of fused-ring (bicyclic) bond motifs is 1. The number of nitrogens with zero attached hydrogens (tertiary/aromatic N) is 1. The van der Waals surface area contributed by atoms with Crippen molar-refractivity contribution < 1.29 is 14.6 Å². The Morgan fingerprint density at radius 1 is 1.30 bits per heavy atom. The summed E-state index contributed by atoms with van der Waals surface area (Å²) in [5.41, 5.74) is 1.13. The molecule has 104 valence electrons. The third kappa shape index (κ3) is 2.64. The van der Waals surface area contributed by atoms with Crippen LogP contribution in [0.4, 0.5) is 0 Å². The van der Waals surface area contributed by atoms with Crippen LogP contribution in [-0.4, -0.2) is 41.4 Å². The second-order valence-corrected chi connectivity index (χ2v) is 4.90. The second-order valence-electron chi connectivity index (χ2n) is 4.90. The smallest absolute Gasteiger partial charge is 0.270 e. The number of hydrogen-bond donors (Lipinski definition) is 2. The molecule has 0 saturated carbocycles. The molecule has 1 aromatic carbocycles. The first kappa shape index (κ1) is 13.0. The van der Waals surface area contributed by atoms with Crippen molar-refractivity contribution in [2.24, 2.45) is 0 Å². The summed E-state index contributed by atoms with van der Waals surface area (Å²) in [6.45, 7) is 0.863. The maximum absolute atomic E-state index is 12.2. The zero-order valence-electron chi connectivity index (χ0n) is 11.0. The van der Waals surface area contributed by atoms with E-state index in [0.29, 0.717) is 25.3 Å². The Morgan fingerprint density at radius 2 is 2.15 bits per heavy atom. The van der Waals surface area contributed by atoms with Crippen molar-refractivity contribution in [3.05, 3.63) is 42.1 Å². The van der Waals surface area contributed by atoms with E-state index in [4.69, 9.17) is 4.74 Å². The van der Waals surface area contributed by atoms with E-state index in [0.717, 1.165) is 10.9 Å². The second kappa shape index (κ2) is 5.56. The Labute approximate surface area is 116 Å². The Bertz CT molecular complexity index is 629. The predicted molar refractivity (Wildman–Crippen MR) is 74.4 cm³/mol. The molecule has 5 heteroatoms. The van der Waals surface area contributed by atoms with E-state index >= 15 is 0 Å². The fourth-order valence-corrected chi connectivity index (χ4v) is 2.30. The molecule has 2 atom stereocenters. The van der Waals surface area contributed by atoms with Gasteiger partial charge in [0.2, 0.25) is 0 Å². The molecule has 2 aromatic rings. The summed E-state index contributed by atoms with van der Waals surface area (Å²) in [6, 6.07) is 10.8. The molecule has 0 bridgehead atoms. The normalized spacial score (nSPS) is 22.6.